The van der Waals surface area contributed by atoms with E-state index in [0.717, 1.165) is 33.8 Å². The summed E-state index contributed by atoms with van der Waals surface area (Å²) in [6.45, 7) is 6.25. The lowest BCUT2D eigenvalue weighted by atomic mass is 10.2. The highest BCUT2D eigenvalue weighted by molar-refractivity contribution is 5.87. The van der Waals surface area contributed by atoms with Crippen molar-refractivity contribution in [2.45, 2.75) is 13.8 Å². The third-order valence-electron chi connectivity index (χ3n) is 6.73. The van der Waals surface area contributed by atoms with Crippen LogP contribution in [0.1, 0.15) is 12.5 Å². The van der Waals surface area contributed by atoms with Gasteiger partial charge in [0.2, 0.25) is 11.9 Å². The number of aryl methyl sites for hydroxylation is 2. The van der Waals surface area contributed by atoms with Gasteiger partial charge >= 0.3 is 0 Å². The number of nitrogens with one attached hydrogen (secondary N) is 1. The van der Waals surface area contributed by atoms with Crippen molar-refractivity contribution < 1.29 is 9.53 Å². The van der Waals surface area contributed by atoms with Gasteiger partial charge in [0.1, 0.15) is 28.9 Å². The number of ether oxygens (including phenoxy) is 1. The van der Waals surface area contributed by atoms with Crippen LogP contribution in [0.2, 0.25) is 0 Å². The SMILES string of the molecule is CC(=O)N1CCN(c2ncc3ncnc(Nc4ccc(Oc5ccc6c(c5)ncn6C)c(C)c4)c3n2)CC1. The topological polar surface area (TPSA) is 114 Å². The number of carbonyl (C=O) groups is 1. The van der Waals surface area contributed by atoms with Crippen LogP contribution in [-0.2, 0) is 11.8 Å². The van der Waals surface area contributed by atoms with E-state index in [-0.39, 0.29) is 5.91 Å². The Morgan fingerprint density at radius 2 is 1.82 bits per heavy atom. The molecule has 0 radical (unpaired) electrons. The fraction of sp³-hybridized carbons (Fsp3) is 0.259. The maximum absolute atomic E-state index is 11.7. The minimum absolute atomic E-state index is 0.0879. The smallest absolute Gasteiger partial charge is 0.226 e. The molecule has 0 spiro atoms. The molecule has 1 saturated heterocycles. The summed E-state index contributed by atoms with van der Waals surface area (Å²) in [6, 6.07) is 11.8. The Kier molecular flexibility index (Phi) is 5.95. The molecule has 2 aromatic carbocycles. The molecule has 0 unspecified atom stereocenters. The van der Waals surface area contributed by atoms with Crippen LogP contribution in [0.4, 0.5) is 17.5 Å². The van der Waals surface area contributed by atoms with Crippen LogP contribution in [0.25, 0.3) is 22.1 Å². The molecule has 1 fully saturated rings. The molecule has 0 atom stereocenters. The van der Waals surface area contributed by atoms with Crippen LogP contribution in [0, 0.1) is 6.92 Å². The molecule has 4 heterocycles. The van der Waals surface area contributed by atoms with Gasteiger partial charge in [-0.1, -0.05) is 0 Å². The lowest BCUT2D eigenvalue weighted by Crippen LogP contribution is -2.48. The van der Waals surface area contributed by atoms with Crippen LogP contribution in [-0.4, -0.2) is 66.5 Å². The number of hydrogen-bond donors (Lipinski definition) is 1. The maximum atomic E-state index is 11.7. The first kappa shape index (κ1) is 23.6. The number of rotatable bonds is 5. The zero-order valence-corrected chi connectivity index (χ0v) is 21.4. The summed E-state index contributed by atoms with van der Waals surface area (Å²) < 4.78 is 8.13. The van der Waals surface area contributed by atoms with Crippen molar-refractivity contribution in [3.63, 3.8) is 0 Å². The molecule has 1 amide bonds. The number of imidazole rings is 1. The van der Waals surface area contributed by atoms with E-state index < -0.39 is 0 Å². The van der Waals surface area contributed by atoms with Crippen LogP contribution in [0.3, 0.4) is 0 Å². The molecule has 0 aliphatic carbocycles. The Bertz CT molecular complexity index is 1660. The Labute approximate surface area is 219 Å². The van der Waals surface area contributed by atoms with E-state index in [0.29, 0.717) is 49.0 Å². The van der Waals surface area contributed by atoms with Crippen LogP contribution >= 0.6 is 0 Å². The number of aromatic nitrogens is 6. The third-order valence-corrected chi connectivity index (χ3v) is 6.73. The van der Waals surface area contributed by atoms with Crippen molar-refractivity contribution in [3.05, 3.63) is 60.8 Å². The summed E-state index contributed by atoms with van der Waals surface area (Å²) in [7, 11) is 1.97. The van der Waals surface area contributed by atoms with Gasteiger partial charge in [-0.15, -0.1) is 0 Å². The largest absolute Gasteiger partial charge is 0.457 e. The first-order valence-corrected chi connectivity index (χ1v) is 12.4. The minimum Gasteiger partial charge on any atom is -0.457 e. The van der Waals surface area contributed by atoms with Gasteiger partial charge in [0.25, 0.3) is 0 Å². The van der Waals surface area contributed by atoms with Crippen LogP contribution in [0.15, 0.2) is 55.2 Å². The molecular weight excluding hydrogens is 482 g/mol. The monoisotopic (exact) mass is 509 g/mol. The highest BCUT2D eigenvalue weighted by Gasteiger charge is 2.21. The zero-order valence-electron chi connectivity index (χ0n) is 21.4. The Morgan fingerprint density at radius 1 is 0.974 bits per heavy atom. The quantitative estimate of drug-likeness (QED) is 0.378. The average Bonchev–Trinajstić information content (AvgIpc) is 3.30. The summed E-state index contributed by atoms with van der Waals surface area (Å²) in [5, 5.41) is 3.38. The first-order chi connectivity index (χ1) is 18.4. The first-order valence-electron chi connectivity index (χ1n) is 12.4. The molecule has 11 heteroatoms. The maximum Gasteiger partial charge on any atom is 0.226 e. The molecule has 38 heavy (non-hydrogen) atoms. The number of hydrogen-bond acceptors (Lipinski definition) is 9. The number of piperazine rings is 1. The van der Waals surface area contributed by atoms with Crippen LogP contribution in [0.5, 0.6) is 11.5 Å². The Balaban J connectivity index is 1.22. The van der Waals surface area contributed by atoms with Crippen molar-refractivity contribution in [1.29, 1.82) is 0 Å². The van der Waals surface area contributed by atoms with E-state index in [4.69, 9.17) is 9.72 Å². The van der Waals surface area contributed by atoms with Crippen LogP contribution < -0.4 is 15.0 Å². The number of nitrogens with zero attached hydrogens (tertiary/aromatic N) is 8. The molecule has 0 bridgehead atoms. The van der Waals surface area contributed by atoms with Gasteiger partial charge in [0, 0.05) is 51.9 Å². The van der Waals surface area contributed by atoms with Gasteiger partial charge in [-0.3, -0.25) is 4.79 Å². The van der Waals surface area contributed by atoms with E-state index in [1.165, 1.54) is 6.33 Å². The van der Waals surface area contributed by atoms with Gasteiger partial charge in [0.15, 0.2) is 5.82 Å². The van der Waals surface area contributed by atoms with Gasteiger partial charge < -0.3 is 24.4 Å². The molecule has 0 saturated carbocycles. The zero-order chi connectivity index (χ0) is 26.2. The van der Waals surface area contributed by atoms with Gasteiger partial charge in [-0.05, 0) is 42.8 Å². The van der Waals surface area contributed by atoms with Crippen molar-refractivity contribution in [2.24, 2.45) is 7.05 Å². The predicted octanol–water partition coefficient (Wildman–Crippen LogP) is 3.82. The second kappa shape index (κ2) is 9.58. The third kappa shape index (κ3) is 4.54. The van der Waals surface area contributed by atoms with E-state index in [9.17, 15) is 4.79 Å². The van der Waals surface area contributed by atoms with E-state index in [2.05, 4.69) is 30.2 Å². The van der Waals surface area contributed by atoms with Crippen molar-refractivity contribution in [2.75, 3.05) is 36.4 Å². The van der Waals surface area contributed by atoms with E-state index in [1.54, 1.807) is 19.4 Å². The molecule has 5 aromatic rings. The fourth-order valence-corrected chi connectivity index (χ4v) is 4.59. The van der Waals surface area contributed by atoms with E-state index in [1.807, 2.05) is 59.8 Å². The van der Waals surface area contributed by atoms with Crippen molar-refractivity contribution >= 4 is 45.4 Å². The number of amides is 1. The molecule has 1 aliphatic rings. The summed E-state index contributed by atoms with van der Waals surface area (Å²) in [4.78, 5) is 38.0. The standard InChI is InChI=1S/C27H27N9O2/c1-17-12-19(4-7-24(17)38-20-5-6-23-21(13-20)31-16-34(23)3)32-26-25-22(29-15-30-26)14-28-27(33-25)36-10-8-35(9-11-36)18(2)37/h4-7,12-16H,8-11H2,1-3H3,(H,29,30,32). The lowest BCUT2D eigenvalue weighted by Gasteiger charge is -2.34. The van der Waals surface area contributed by atoms with Crippen molar-refractivity contribution in [1.82, 2.24) is 34.4 Å². The second-order valence-electron chi connectivity index (χ2n) is 9.33. The van der Waals surface area contributed by atoms with Gasteiger partial charge in [-0.2, -0.15) is 0 Å². The van der Waals surface area contributed by atoms with Gasteiger partial charge in [0.05, 0.1) is 23.6 Å². The Morgan fingerprint density at radius 3 is 2.61 bits per heavy atom. The number of anilines is 3. The summed E-state index contributed by atoms with van der Waals surface area (Å²) >= 11 is 0. The Hall–Kier alpha value is -4.80. The van der Waals surface area contributed by atoms with E-state index >= 15 is 0 Å². The fourth-order valence-electron chi connectivity index (χ4n) is 4.59. The number of carbonyl (C=O) groups excluding carboxylic acids is 1. The highest BCUT2D eigenvalue weighted by Crippen LogP contribution is 2.31. The van der Waals surface area contributed by atoms with Gasteiger partial charge in [-0.25, -0.2) is 24.9 Å². The molecule has 192 valence electrons. The summed E-state index contributed by atoms with van der Waals surface area (Å²) in [6.07, 6.45) is 5.00. The highest BCUT2D eigenvalue weighted by atomic mass is 16.5. The summed E-state index contributed by atoms with van der Waals surface area (Å²) in [5.41, 5.74) is 5.04. The average molecular weight is 510 g/mol. The molecule has 3 aromatic heterocycles. The molecule has 1 N–H and O–H groups in total. The van der Waals surface area contributed by atoms with Crippen molar-refractivity contribution in [3.8, 4) is 11.5 Å². The minimum atomic E-state index is 0.0879. The molecule has 11 nitrogen and oxygen atoms in total. The lowest BCUT2D eigenvalue weighted by molar-refractivity contribution is -0.129. The number of fused-ring (bicyclic) bond motifs is 2. The molecular formula is C27H27N9O2. The molecule has 1 aliphatic heterocycles. The normalized spacial score (nSPS) is 13.8. The predicted molar refractivity (Wildman–Crippen MR) is 145 cm³/mol. The second-order valence-corrected chi connectivity index (χ2v) is 9.33. The molecule has 6 rings (SSSR count). The number of benzene rings is 2. The summed E-state index contributed by atoms with van der Waals surface area (Å²) in [5.74, 6) is 2.77.